The van der Waals surface area contributed by atoms with Gasteiger partial charge in [0.15, 0.2) is 0 Å². The Balaban J connectivity index is 2.08. The first-order valence-electron chi connectivity index (χ1n) is 6.17. The molecule has 0 saturated heterocycles. The largest absolute Gasteiger partial charge is 0.338 e. The average Bonchev–Trinajstić information content (AvgIpc) is 2.37. The first-order chi connectivity index (χ1) is 8.31. The molecule has 0 bridgehead atoms. The van der Waals surface area contributed by atoms with Crippen LogP contribution in [-0.2, 0) is 13.0 Å². The summed E-state index contributed by atoms with van der Waals surface area (Å²) in [5.74, 6) is 0. The molecular formula is C13H19N3O. The molecule has 2 rings (SSSR count). The number of hydrogen-bond donors (Lipinski definition) is 3. The highest BCUT2D eigenvalue weighted by atomic mass is 16.2. The van der Waals surface area contributed by atoms with Crippen LogP contribution in [0.5, 0.6) is 0 Å². The van der Waals surface area contributed by atoms with Crippen LogP contribution in [0.1, 0.15) is 24.5 Å². The quantitative estimate of drug-likeness (QED) is 0.746. The van der Waals surface area contributed by atoms with Gasteiger partial charge in [-0.1, -0.05) is 19.1 Å². The molecule has 0 radical (unpaired) electrons. The normalized spacial score (nSPS) is 13.9. The van der Waals surface area contributed by atoms with Crippen molar-refractivity contribution in [1.82, 2.24) is 10.6 Å². The zero-order chi connectivity index (χ0) is 12.1. The molecule has 0 unspecified atom stereocenters. The van der Waals surface area contributed by atoms with Crippen molar-refractivity contribution in [3.05, 3.63) is 29.3 Å². The van der Waals surface area contributed by atoms with Crippen LogP contribution in [0, 0.1) is 0 Å². The highest BCUT2D eigenvalue weighted by Crippen LogP contribution is 2.22. The third-order valence-electron chi connectivity index (χ3n) is 2.93. The van der Waals surface area contributed by atoms with Gasteiger partial charge in [-0.05, 0) is 36.6 Å². The Morgan fingerprint density at radius 3 is 3.18 bits per heavy atom. The van der Waals surface area contributed by atoms with Crippen molar-refractivity contribution in [3.63, 3.8) is 0 Å². The second-order valence-electron chi connectivity index (χ2n) is 4.25. The lowest BCUT2D eigenvalue weighted by atomic mass is 9.99. The monoisotopic (exact) mass is 233 g/mol. The number of carbonyl (C=O) groups is 1. The molecule has 0 spiro atoms. The van der Waals surface area contributed by atoms with Gasteiger partial charge >= 0.3 is 6.03 Å². The van der Waals surface area contributed by atoms with Gasteiger partial charge in [0.05, 0.1) is 0 Å². The third-order valence-corrected chi connectivity index (χ3v) is 2.93. The SMILES string of the molecule is CCCNC(=O)Nc1cccc2c1CNCC2. The van der Waals surface area contributed by atoms with Gasteiger partial charge < -0.3 is 16.0 Å². The Kier molecular flexibility index (Phi) is 3.98. The Morgan fingerprint density at radius 1 is 1.47 bits per heavy atom. The van der Waals surface area contributed by atoms with E-state index in [1.165, 1.54) is 11.1 Å². The first-order valence-corrected chi connectivity index (χ1v) is 6.17. The Labute approximate surface area is 102 Å². The highest BCUT2D eigenvalue weighted by molar-refractivity contribution is 5.90. The van der Waals surface area contributed by atoms with E-state index in [-0.39, 0.29) is 6.03 Å². The predicted molar refractivity (Wildman–Crippen MR) is 69.2 cm³/mol. The molecule has 4 nitrogen and oxygen atoms in total. The molecule has 1 aromatic rings. The second-order valence-corrected chi connectivity index (χ2v) is 4.25. The summed E-state index contributed by atoms with van der Waals surface area (Å²) in [6, 6.07) is 5.97. The number of rotatable bonds is 3. The van der Waals surface area contributed by atoms with Crippen molar-refractivity contribution in [2.45, 2.75) is 26.3 Å². The van der Waals surface area contributed by atoms with Crippen molar-refractivity contribution in [2.24, 2.45) is 0 Å². The van der Waals surface area contributed by atoms with Crippen LogP contribution < -0.4 is 16.0 Å². The third kappa shape index (κ3) is 2.97. The van der Waals surface area contributed by atoms with Crippen LogP contribution in [0.15, 0.2) is 18.2 Å². The van der Waals surface area contributed by atoms with Crippen molar-refractivity contribution in [3.8, 4) is 0 Å². The van der Waals surface area contributed by atoms with Gasteiger partial charge in [-0.2, -0.15) is 0 Å². The summed E-state index contributed by atoms with van der Waals surface area (Å²) in [4.78, 5) is 11.6. The minimum atomic E-state index is -0.120. The van der Waals surface area contributed by atoms with Crippen LogP contribution in [0.2, 0.25) is 0 Å². The second kappa shape index (κ2) is 5.68. The smallest absolute Gasteiger partial charge is 0.319 e. The number of benzene rings is 1. The maximum atomic E-state index is 11.6. The van der Waals surface area contributed by atoms with Gasteiger partial charge in [0.1, 0.15) is 0 Å². The molecule has 0 aromatic heterocycles. The fourth-order valence-corrected chi connectivity index (χ4v) is 2.04. The van der Waals surface area contributed by atoms with Crippen LogP contribution >= 0.6 is 0 Å². The minimum Gasteiger partial charge on any atom is -0.338 e. The van der Waals surface area contributed by atoms with Crippen molar-refractivity contribution in [1.29, 1.82) is 0 Å². The molecule has 1 heterocycles. The predicted octanol–water partition coefficient (Wildman–Crippen LogP) is 1.86. The summed E-state index contributed by atoms with van der Waals surface area (Å²) in [7, 11) is 0. The fraction of sp³-hybridized carbons (Fsp3) is 0.462. The number of urea groups is 1. The van der Waals surface area contributed by atoms with Crippen molar-refractivity contribution < 1.29 is 4.79 Å². The zero-order valence-corrected chi connectivity index (χ0v) is 10.2. The minimum absolute atomic E-state index is 0.120. The first kappa shape index (κ1) is 11.9. The molecule has 17 heavy (non-hydrogen) atoms. The summed E-state index contributed by atoms with van der Waals surface area (Å²) in [5.41, 5.74) is 3.46. The summed E-state index contributed by atoms with van der Waals surface area (Å²) >= 11 is 0. The molecule has 3 N–H and O–H groups in total. The summed E-state index contributed by atoms with van der Waals surface area (Å²) in [6.45, 7) is 4.59. The van der Waals surface area contributed by atoms with Gasteiger partial charge in [-0.3, -0.25) is 0 Å². The van der Waals surface area contributed by atoms with Gasteiger partial charge in [-0.15, -0.1) is 0 Å². The van der Waals surface area contributed by atoms with Crippen LogP contribution in [0.4, 0.5) is 10.5 Å². The van der Waals surface area contributed by atoms with E-state index < -0.39 is 0 Å². The van der Waals surface area contributed by atoms with E-state index in [1.807, 2.05) is 19.1 Å². The van der Waals surface area contributed by atoms with E-state index in [0.29, 0.717) is 6.54 Å². The molecule has 1 aliphatic heterocycles. The van der Waals surface area contributed by atoms with E-state index in [4.69, 9.17) is 0 Å². The number of carbonyl (C=O) groups excluding carboxylic acids is 1. The molecule has 0 fully saturated rings. The molecule has 1 aromatic carbocycles. The van der Waals surface area contributed by atoms with E-state index in [0.717, 1.165) is 31.6 Å². The lowest BCUT2D eigenvalue weighted by Crippen LogP contribution is -2.31. The topological polar surface area (TPSA) is 53.2 Å². The molecule has 1 aliphatic rings. The molecule has 2 amide bonds. The van der Waals surface area contributed by atoms with Crippen LogP contribution in [0.25, 0.3) is 0 Å². The molecular weight excluding hydrogens is 214 g/mol. The molecule has 92 valence electrons. The van der Waals surface area contributed by atoms with E-state index in [1.54, 1.807) is 0 Å². The number of nitrogens with one attached hydrogen (secondary N) is 3. The maximum absolute atomic E-state index is 11.6. The highest BCUT2D eigenvalue weighted by Gasteiger charge is 2.13. The Morgan fingerprint density at radius 2 is 2.35 bits per heavy atom. The standard InChI is InChI=1S/C13H19N3O/c1-2-7-15-13(17)16-12-5-3-4-10-6-8-14-9-11(10)12/h3-5,14H,2,6-9H2,1H3,(H2,15,16,17). The lowest BCUT2D eigenvalue weighted by Gasteiger charge is -2.20. The zero-order valence-electron chi connectivity index (χ0n) is 10.2. The van der Waals surface area contributed by atoms with Crippen molar-refractivity contribution >= 4 is 11.7 Å². The molecule has 0 atom stereocenters. The van der Waals surface area contributed by atoms with Crippen LogP contribution in [0.3, 0.4) is 0 Å². The van der Waals surface area contributed by atoms with E-state index in [9.17, 15) is 4.79 Å². The lowest BCUT2D eigenvalue weighted by molar-refractivity contribution is 0.252. The maximum Gasteiger partial charge on any atom is 0.319 e. The molecule has 4 heteroatoms. The molecule has 0 saturated carbocycles. The van der Waals surface area contributed by atoms with Crippen molar-refractivity contribution in [2.75, 3.05) is 18.4 Å². The van der Waals surface area contributed by atoms with Crippen LogP contribution in [-0.4, -0.2) is 19.1 Å². The van der Waals surface area contributed by atoms with Gasteiger partial charge in [0.25, 0.3) is 0 Å². The van der Waals surface area contributed by atoms with Gasteiger partial charge in [0, 0.05) is 18.8 Å². The number of anilines is 1. The van der Waals surface area contributed by atoms with E-state index >= 15 is 0 Å². The summed E-state index contributed by atoms with van der Waals surface area (Å²) in [5, 5.41) is 9.06. The number of amides is 2. The molecule has 0 aliphatic carbocycles. The summed E-state index contributed by atoms with van der Waals surface area (Å²) in [6.07, 6.45) is 1.98. The number of fused-ring (bicyclic) bond motifs is 1. The fourth-order valence-electron chi connectivity index (χ4n) is 2.04. The Bertz CT molecular complexity index is 404. The average molecular weight is 233 g/mol. The van der Waals surface area contributed by atoms with E-state index in [2.05, 4.69) is 22.0 Å². The Hall–Kier alpha value is -1.55. The summed E-state index contributed by atoms with van der Waals surface area (Å²) < 4.78 is 0. The van der Waals surface area contributed by atoms with Gasteiger partial charge in [-0.25, -0.2) is 4.79 Å². The number of hydrogen-bond acceptors (Lipinski definition) is 2. The van der Waals surface area contributed by atoms with Gasteiger partial charge in [0.2, 0.25) is 0 Å².